The summed E-state index contributed by atoms with van der Waals surface area (Å²) in [5, 5.41) is 1.16. The standard InChI is InChI=1S/C16H26OSi/c1-15(2)9-10-16(3,4)14-11-12(18(5,6)17)7-8-13(14)15/h7-8,11,17H,9-10H2,1-6H3. The van der Waals surface area contributed by atoms with Crippen LogP contribution in [0.1, 0.15) is 51.7 Å². The summed E-state index contributed by atoms with van der Waals surface area (Å²) in [7, 11) is -2.20. The summed E-state index contributed by atoms with van der Waals surface area (Å²) in [6, 6.07) is 6.69. The molecule has 1 aliphatic rings. The van der Waals surface area contributed by atoms with Crippen molar-refractivity contribution in [2.45, 2.75) is 64.5 Å². The van der Waals surface area contributed by atoms with E-state index in [1.807, 2.05) is 13.1 Å². The Morgan fingerprint density at radius 2 is 1.44 bits per heavy atom. The average Bonchev–Trinajstić information content (AvgIpc) is 2.23. The minimum Gasteiger partial charge on any atom is -0.428 e. The molecule has 1 nitrogen and oxygen atoms in total. The molecule has 0 unspecified atom stereocenters. The molecule has 1 N–H and O–H groups in total. The fourth-order valence-electron chi connectivity index (χ4n) is 2.97. The highest BCUT2D eigenvalue weighted by atomic mass is 28.4. The summed E-state index contributed by atoms with van der Waals surface area (Å²) in [6.45, 7) is 13.3. The molecule has 2 rings (SSSR count). The second-order valence-corrected chi connectivity index (χ2v) is 11.3. The Bertz CT molecular complexity index is 466. The van der Waals surface area contributed by atoms with E-state index in [9.17, 15) is 4.80 Å². The topological polar surface area (TPSA) is 20.2 Å². The van der Waals surface area contributed by atoms with Crippen molar-refractivity contribution in [1.82, 2.24) is 0 Å². The monoisotopic (exact) mass is 262 g/mol. The van der Waals surface area contributed by atoms with E-state index in [4.69, 9.17) is 0 Å². The predicted molar refractivity (Wildman–Crippen MR) is 81.1 cm³/mol. The Balaban J connectivity index is 2.63. The number of hydrogen-bond acceptors (Lipinski definition) is 1. The summed E-state index contributed by atoms with van der Waals surface area (Å²) < 4.78 is 0. The second kappa shape index (κ2) is 3.94. The van der Waals surface area contributed by atoms with Gasteiger partial charge in [-0.2, -0.15) is 0 Å². The van der Waals surface area contributed by atoms with E-state index in [1.54, 1.807) is 0 Å². The molecule has 1 aromatic rings. The van der Waals surface area contributed by atoms with Crippen molar-refractivity contribution in [3.05, 3.63) is 29.3 Å². The molecule has 0 bridgehead atoms. The predicted octanol–water partition coefficient (Wildman–Crippen LogP) is 3.44. The highest BCUT2D eigenvalue weighted by molar-refractivity contribution is 6.83. The van der Waals surface area contributed by atoms with Gasteiger partial charge in [-0.25, -0.2) is 0 Å². The fourth-order valence-corrected chi connectivity index (χ4v) is 3.96. The fraction of sp³-hybridized carbons (Fsp3) is 0.625. The van der Waals surface area contributed by atoms with Crippen LogP contribution < -0.4 is 5.19 Å². The number of hydrogen-bond donors (Lipinski definition) is 1. The highest BCUT2D eigenvalue weighted by Gasteiger charge is 2.37. The molecular weight excluding hydrogens is 236 g/mol. The number of rotatable bonds is 1. The van der Waals surface area contributed by atoms with Crippen LogP contribution in [0, 0.1) is 0 Å². The van der Waals surface area contributed by atoms with Crippen molar-refractivity contribution in [3.8, 4) is 0 Å². The third kappa shape index (κ3) is 2.28. The molecule has 18 heavy (non-hydrogen) atoms. The minimum absolute atomic E-state index is 0.237. The molecule has 0 spiro atoms. The molecule has 100 valence electrons. The van der Waals surface area contributed by atoms with Crippen LogP contribution in [0.25, 0.3) is 0 Å². The van der Waals surface area contributed by atoms with E-state index in [0.717, 1.165) is 5.19 Å². The average molecular weight is 262 g/mol. The Hall–Kier alpha value is -0.603. The third-order valence-electron chi connectivity index (χ3n) is 4.56. The molecule has 0 radical (unpaired) electrons. The Kier molecular flexibility index (Phi) is 3.03. The van der Waals surface area contributed by atoms with Crippen LogP contribution in [0.2, 0.25) is 13.1 Å². The van der Waals surface area contributed by atoms with E-state index in [2.05, 4.69) is 45.9 Å². The maximum atomic E-state index is 10.3. The third-order valence-corrected chi connectivity index (χ3v) is 6.28. The van der Waals surface area contributed by atoms with Crippen LogP contribution in [0.5, 0.6) is 0 Å². The van der Waals surface area contributed by atoms with E-state index < -0.39 is 8.32 Å². The van der Waals surface area contributed by atoms with Crippen LogP contribution in [0.15, 0.2) is 18.2 Å². The van der Waals surface area contributed by atoms with Crippen LogP contribution in [-0.4, -0.2) is 13.1 Å². The van der Waals surface area contributed by atoms with Crippen molar-refractivity contribution in [3.63, 3.8) is 0 Å². The molecule has 0 saturated heterocycles. The summed E-state index contributed by atoms with van der Waals surface area (Å²) in [6.07, 6.45) is 2.47. The first-order valence-electron chi connectivity index (χ1n) is 6.92. The molecule has 0 atom stereocenters. The Morgan fingerprint density at radius 1 is 0.944 bits per heavy atom. The Labute approximate surface area is 112 Å². The maximum Gasteiger partial charge on any atom is 0.213 e. The van der Waals surface area contributed by atoms with Crippen molar-refractivity contribution < 1.29 is 4.80 Å². The molecule has 0 heterocycles. The summed E-state index contributed by atoms with van der Waals surface area (Å²) in [5.74, 6) is 0. The van der Waals surface area contributed by atoms with Crippen LogP contribution in [0.3, 0.4) is 0 Å². The van der Waals surface area contributed by atoms with Gasteiger partial charge < -0.3 is 4.80 Å². The van der Waals surface area contributed by atoms with Gasteiger partial charge in [-0.1, -0.05) is 45.9 Å². The lowest BCUT2D eigenvalue weighted by molar-refractivity contribution is 0.332. The van der Waals surface area contributed by atoms with Gasteiger partial charge in [-0.3, -0.25) is 0 Å². The molecule has 0 saturated carbocycles. The molecule has 0 aromatic heterocycles. The normalized spacial score (nSPS) is 21.5. The highest BCUT2D eigenvalue weighted by Crippen LogP contribution is 2.45. The zero-order valence-corrected chi connectivity index (χ0v) is 13.6. The van der Waals surface area contributed by atoms with Crippen LogP contribution >= 0.6 is 0 Å². The SMILES string of the molecule is CC1(C)CCC(C)(C)c2cc([Si](C)(C)O)ccc21. The van der Waals surface area contributed by atoms with Gasteiger partial charge >= 0.3 is 0 Å². The quantitative estimate of drug-likeness (QED) is 0.769. The minimum atomic E-state index is -2.20. The van der Waals surface area contributed by atoms with E-state index >= 15 is 0 Å². The lowest BCUT2D eigenvalue weighted by Crippen LogP contribution is -2.43. The summed E-state index contributed by atoms with van der Waals surface area (Å²) in [5.41, 5.74) is 3.43. The van der Waals surface area contributed by atoms with Crippen molar-refractivity contribution in [1.29, 1.82) is 0 Å². The molecule has 1 aliphatic carbocycles. The van der Waals surface area contributed by atoms with Gasteiger partial charge in [0.2, 0.25) is 8.32 Å². The van der Waals surface area contributed by atoms with Gasteiger partial charge in [0, 0.05) is 0 Å². The van der Waals surface area contributed by atoms with Crippen molar-refractivity contribution in [2.75, 3.05) is 0 Å². The first-order valence-corrected chi connectivity index (χ1v) is 9.87. The van der Waals surface area contributed by atoms with Crippen LogP contribution in [0.4, 0.5) is 0 Å². The first-order chi connectivity index (χ1) is 8.04. The second-order valence-electron chi connectivity index (χ2n) is 7.59. The smallest absolute Gasteiger partial charge is 0.213 e. The lowest BCUT2D eigenvalue weighted by atomic mass is 9.63. The number of fused-ring (bicyclic) bond motifs is 1. The van der Waals surface area contributed by atoms with E-state index in [-0.39, 0.29) is 10.8 Å². The molecule has 1 aromatic carbocycles. The van der Waals surface area contributed by atoms with Gasteiger partial charge in [0.1, 0.15) is 0 Å². The van der Waals surface area contributed by atoms with E-state index in [1.165, 1.54) is 24.0 Å². The molecule has 0 amide bonds. The summed E-state index contributed by atoms with van der Waals surface area (Å²) >= 11 is 0. The maximum absolute atomic E-state index is 10.3. The van der Waals surface area contributed by atoms with Gasteiger partial charge in [0.15, 0.2) is 0 Å². The largest absolute Gasteiger partial charge is 0.428 e. The summed E-state index contributed by atoms with van der Waals surface area (Å²) in [4.78, 5) is 10.3. The molecule has 0 aliphatic heterocycles. The van der Waals surface area contributed by atoms with E-state index in [0.29, 0.717) is 0 Å². The lowest BCUT2D eigenvalue weighted by Gasteiger charge is -2.42. The van der Waals surface area contributed by atoms with Gasteiger partial charge in [0.05, 0.1) is 0 Å². The first kappa shape index (κ1) is 13.8. The Morgan fingerprint density at radius 3 is 1.94 bits per heavy atom. The molecular formula is C16H26OSi. The zero-order valence-electron chi connectivity index (χ0n) is 12.6. The van der Waals surface area contributed by atoms with Crippen LogP contribution in [-0.2, 0) is 10.8 Å². The van der Waals surface area contributed by atoms with Crippen molar-refractivity contribution in [2.24, 2.45) is 0 Å². The molecule has 0 fully saturated rings. The van der Waals surface area contributed by atoms with Crippen molar-refractivity contribution >= 4 is 13.5 Å². The zero-order chi connectivity index (χ0) is 13.8. The van der Waals surface area contributed by atoms with Gasteiger partial charge in [-0.15, -0.1) is 0 Å². The van der Waals surface area contributed by atoms with Gasteiger partial charge in [0.25, 0.3) is 0 Å². The number of benzene rings is 1. The van der Waals surface area contributed by atoms with Gasteiger partial charge in [-0.05, 0) is 53.1 Å². The molecule has 2 heteroatoms.